The number of nitrogens with two attached hydrogens (primary N) is 1. The molecular formula is C13H23N3. The van der Waals surface area contributed by atoms with Gasteiger partial charge in [-0.25, -0.2) is 0 Å². The van der Waals surface area contributed by atoms with Gasteiger partial charge in [-0.15, -0.1) is 0 Å². The van der Waals surface area contributed by atoms with E-state index in [-0.39, 0.29) is 6.04 Å². The van der Waals surface area contributed by atoms with E-state index in [0.717, 1.165) is 19.6 Å². The normalized spacial score (nSPS) is 27.5. The Hall–Kier alpha value is -0.590. The van der Waals surface area contributed by atoms with Gasteiger partial charge in [0, 0.05) is 6.54 Å². The third kappa shape index (κ3) is 2.75. The quantitative estimate of drug-likeness (QED) is 0.774. The molecule has 1 atom stereocenters. The van der Waals surface area contributed by atoms with Crippen LogP contribution in [-0.4, -0.2) is 30.6 Å². The highest BCUT2D eigenvalue weighted by molar-refractivity contribution is 4.93. The van der Waals surface area contributed by atoms with Gasteiger partial charge >= 0.3 is 0 Å². The lowest BCUT2D eigenvalue weighted by Crippen LogP contribution is -2.45. The van der Waals surface area contributed by atoms with Crippen molar-refractivity contribution in [1.82, 2.24) is 4.90 Å². The molecule has 0 amide bonds. The Morgan fingerprint density at radius 3 is 2.31 bits per heavy atom. The Morgan fingerprint density at radius 2 is 1.75 bits per heavy atom. The molecule has 0 aromatic carbocycles. The van der Waals surface area contributed by atoms with Crippen molar-refractivity contribution in [2.24, 2.45) is 11.1 Å². The molecule has 1 aliphatic heterocycles. The van der Waals surface area contributed by atoms with Crippen molar-refractivity contribution < 1.29 is 0 Å². The first-order chi connectivity index (χ1) is 7.74. The van der Waals surface area contributed by atoms with Crippen LogP contribution < -0.4 is 5.73 Å². The summed E-state index contributed by atoms with van der Waals surface area (Å²) >= 11 is 0. The fraction of sp³-hybridized carbons (Fsp3) is 0.923. The minimum atomic E-state index is -0.305. The average Bonchev–Trinajstić information content (AvgIpc) is 2.33. The molecule has 1 unspecified atom stereocenters. The second kappa shape index (κ2) is 5.16. The van der Waals surface area contributed by atoms with Crippen LogP contribution in [0.4, 0.5) is 0 Å². The SMILES string of the molecule is N#CC(N)CN1CCC2(CCCCC2)CC1. The number of piperidine rings is 1. The molecule has 2 aliphatic rings. The van der Waals surface area contributed by atoms with Gasteiger partial charge in [0.2, 0.25) is 0 Å². The average molecular weight is 221 g/mol. The Bertz CT molecular complexity index is 253. The van der Waals surface area contributed by atoms with Crippen molar-refractivity contribution in [2.75, 3.05) is 19.6 Å². The summed E-state index contributed by atoms with van der Waals surface area (Å²) in [5, 5.41) is 8.71. The largest absolute Gasteiger partial charge is 0.315 e. The van der Waals surface area contributed by atoms with E-state index in [1.54, 1.807) is 0 Å². The lowest BCUT2D eigenvalue weighted by Gasteiger charge is -2.44. The van der Waals surface area contributed by atoms with Crippen LogP contribution in [0.25, 0.3) is 0 Å². The van der Waals surface area contributed by atoms with Gasteiger partial charge in [-0.1, -0.05) is 19.3 Å². The van der Waals surface area contributed by atoms with E-state index in [1.807, 2.05) is 0 Å². The highest BCUT2D eigenvalue weighted by atomic mass is 15.1. The zero-order valence-electron chi connectivity index (χ0n) is 10.1. The first-order valence-corrected chi connectivity index (χ1v) is 6.62. The fourth-order valence-corrected chi connectivity index (χ4v) is 3.33. The van der Waals surface area contributed by atoms with E-state index in [9.17, 15) is 0 Å². The summed E-state index contributed by atoms with van der Waals surface area (Å²) in [6, 6.07) is 1.81. The minimum absolute atomic E-state index is 0.305. The van der Waals surface area contributed by atoms with Crippen LogP contribution in [0.15, 0.2) is 0 Å². The van der Waals surface area contributed by atoms with E-state index in [4.69, 9.17) is 11.0 Å². The lowest BCUT2D eigenvalue weighted by atomic mass is 9.68. The molecule has 2 rings (SSSR count). The molecule has 3 heteroatoms. The molecule has 1 saturated carbocycles. The van der Waals surface area contributed by atoms with Crippen molar-refractivity contribution in [2.45, 2.75) is 51.0 Å². The molecule has 0 aromatic rings. The van der Waals surface area contributed by atoms with E-state index < -0.39 is 0 Å². The molecule has 2 fully saturated rings. The van der Waals surface area contributed by atoms with Crippen molar-refractivity contribution in [3.8, 4) is 6.07 Å². The molecule has 0 aromatic heterocycles. The minimum Gasteiger partial charge on any atom is -0.315 e. The summed E-state index contributed by atoms with van der Waals surface area (Å²) in [5.74, 6) is 0. The van der Waals surface area contributed by atoms with Crippen LogP contribution in [0.5, 0.6) is 0 Å². The molecule has 1 heterocycles. The summed E-state index contributed by atoms with van der Waals surface area (Å²) < 4.78 is 0. The van der Waals surface area contributed by atoms with Crippen molar-refractivity contribution in [3.63, 3.8) is 0 Å². The van der Waals surface area contributed by atoms with Gasteiger partial charge in [0.05, 0.1) is 6.07 Å². The third-order valence-electron chi connectivity index (χ3n) is 4.45. The Balaban J connectivity index is 1.80. The maximum Gasteiger partial charge on any atom is 0.106 e. The van der Waals surface area contributed by atoms with Gasteiger partial charge in [-0.2, -0.15) is 5.26 Å². The molecule has 1 saturated heterocycles. The first-order valence-electron chi connectivity index (χ1n) is 6.62. The van der Waals surface area contributed by atoms with Gasteiger partial charge in [-0.05, 0) is 44.2 Å². The number of nitriles is 1. The molecule has 1 spiro atoms. The topological polar surface area (TPSA) is 53.1 Å². The van der Waals surface area contributed by atoms with Gasteiger partial charge in [0.1, 0.15) is 6.04 Å². The van der Waals surface area contributed by atoms with Crippen molar-refractivity contribution in [3.05, 3.63) is 0 Å². The summed E-state index contributed by atoms with van der Waals surface area (Å²) in [5.41, 5.74) is 6.33. The monoisotopic (exact) mass is 221 g/mol. The van der Waals surface area contributed by atoms with Gasteiger partial charge < -0.3 is 10.6 Å². The van der Waals surface area contributed by atoms with Gasteiger partial charge in [-0.3, -0.25) is 0 Å². The highest BCUT2D eigenvalue weighted by Crippen LogP contribution is 2.44. The zero-order chi connectivity index (χ0) is 11.4. The standard InChI is InChI=1S/C13H23N3/c14-10-12(15)11-16-8-6-13(7-9-16)4-2-1-3-5-13/h12H,1-9,11,15H2. The van der Waals surface area contributed by atoms with Gasteiger partial charge in [0.25, 0.3) is 0 Å². The van der Waals surface area contributed by atoms with E-state index in [1.165, 1.54) is 44.9 Å². The van der Waals surface area contributed by atoms with Crippen LogP contribution in [0.2, 0.25) is 0 Å². The van der Waals surface area contributed by atoms with Crippen LogP contribution >= 0.6 is 0 Å². The summed E-state index contributed by atoms with van der Waals surface area (Å²) in [4.78, 5) is 2.37. The molecular weight excluding hydrogens is 198 g/mol. The van der Waals surface area contributed by atoms with Crippen LogP contribution in [0.3, 0.4) is 0 Å². The molecule has 1 aliphatic carbocycles. The Labute approximate surface area is 98.6 Å². The Kier molecular flexibility index (Phi) is 3.83. The molecule has 0 radical (unpaired) electrons. The summed E-state index contributed by atoms with van der Waals surface area (Å²) in [6.45, 7) is 3.05. The zero-order valence-corrected chi connectivity index (χ0v) is 10.1. The molecule has 2 N–H and O–H groups in total. The third-order valence-corrected chi connectivity index (χ3v) is 4.45. The number of rotatable bonds is 2. The van der Waals surface area contributed by atoms with Crippen LogP contribution in [-0.2, 0) is 0 Å². The Morgan fingerprint density at radius 1 is 1.12 bits per heavy atom. The number of likely N-dealkylation sites (tertiary alicyclic amines) is 1. The van der Waals surface area contributed by atoms with Crippen LogP contribution in [0, 0.1) is 16.7 Å². The first kappa shape index (κ1) is 11.9. The van der Waals surface area contributed by atoms with Gasteiger partial charge in [0.15, 0.2) is 0 Å². The number of hydrogen-bond acceptors (Lipinski definition) is 3. The summed E-state index contributed by atoms with van der Waals surface area (Å²) in [7, 11) is 0. The van der Waals surface area contributed by atoms with E-state index in [2.05, 4.69) is 11.0 Å². The molecule has 90 valence electrons. The maximum atomic E-state index is 8.71. The van der Waals surface area contributed by atoms with Crippen molar-refractivity contribution in [1.29, 1.82) is 5.26 Å². The number of nitrogens with zero attached hydrogens (tertiary/aromatic N) is 2. The smallest absolute Gasteiger partial charge is 0.106 e. The predicted molar refractivity (Wildman–Crippen MR) is 64.8 cm³/mol. The summed E-state index contributed by atoms with van der Waals surface area (Å²) in [6.07, 6.45) is 9.81. The van der Waals surface area contributed by atoms with E-state index >= 15 is 0 Å². The predicted octanol–water partition coefficient (Wildman–Crippen LogP) is 1.88. The van der Waals surface area contributed by atoms with E-state index in [0.29, 0.717) is 5.41 Å². The number of hydrogen-bond donors (Lipinski definition) is 1. The molecule has 3 nitrogen and oxygen atoms in total. The lowest BCUT2D eigenvalue weighted by molar-refractivity contribution is 0.0671. The fourth-order valence-electron chi connectivity index (χ4n) is 3.33. The molecule has 0 bridgehead atoms. The molecule has 16 heavy (non-hydrogen) atoms. The second-order valence-electron chi connectivity index (χ2n) is 5.60. The highest BCUT2D eigenvalue weighted by Gasteiger charge is 2.35. The maximum absolute atomic E-state index is 8.71. The van der Waals surface area contributed by atoms with Crippen molar-refractivity contribution >= 4 is 0 Å². The van der Waals surface area contributed by atoms with Crippen LogP contribution in [0.1, 0.15) is 44.9 Å². The second-order valence-corrected chi connectivity index (χ2v) is 5.60.